The second kappa shape index (κ2) is 6.18. The molecule has 0 amide bonds. The number of nitrogens with two attached hydrogens (primary N) is 1. The summed E-state index contributed by atoms with van der Waals surface area (Å²) in [5, 5.41) is 7.48. The van der Waals surface area contributed by atoms with Crippen LogP contribution in [0.15, 0.2) is 0 Å². The Morgan fingerprint density at radius 2 is 2.11 bits per heavy atom. The van der Waals surface area contributed by atoms with Crippen molar-refractivity contribution in [2.24, 2.45) is 5.73 Å². The average Bonchev–Trinajstić information content (AvgIpc) is 2.97. The van der Waals surface area contributed by atoms with Crippen molar-refractivity contribution in [2.75, 3.05) is 18.0 Å². The van der Waals surface area contributed by atoms with Crippen molar-refractivity contribution in [1.29, 1.82) is 0 Å². The van der Waals surface area contributed by atoms with E-state index in [0.29, 0.717) is 5.92 Å². The summed E-state index contributed by atoms with van der Waals surface area (Å²) >= 11 is 0. The van der Waals surface area contributed by atoms with Gasteiger partial charge in [0.1, 0.15) is 5.82 Å². The van der Waals surface area contributed by atoms with E-state index in [-0.39, 0.29) is 6.04 Å². The Kier molecular flexibility index (Phi) is 4.58. The molecule has 1 unspecified atom stereocenters. The number of hydrogen-bond acceptors (Lipinski definition) is 4. The van der Waals surface area contributed by atoms with Gasteiger partial charge in [-0.15, -0.1) is 5.10 Å². The number of nitrogens with zero attached hydrogens (tertiary/aromatic N) is 3. The number of aromatic amines is 1. The van der Waals surface area contributed by atoms with Crippen molar-refractivity contribution < 1.29 is 0 Å². The minimum Gasteiger partial charge on any atom is -0.338 e. The van der Waals surface area contributed by atoms with E-state index in [1.165, 1.54) is 25.7 Å². The maximum absolute atomic E-state index is 5.92. The molecule has 0 saturated carbocycles. The summed E-state index contributed by atoms with van der Waals surface area (Å²) < 4.78 is 0. The molecule has 3 N–H and O–H groups in total. The molecule has 1 aliphatic rings. The van der Waals surface area contributed by atoms with Gasteiger partial charge in [0.15, 0.2) is 0 Å². The monoisotopic (exact) mass is 251 g/mol. The summed E-state index contributed by atoms with van der Waals surface area (Å²) in [5.41, 5.74) is 5.92. The van der Waals surface area contributed by atoms with Crippen LogP contribution < -0.4 is 10.6 Å². The molecule has 0 aromatic carbocycles. The predicted octanol–water partition coefficient (Wildman–Crippen LogP) is 2.03. The zero-order chi connectivity index (χ0) is 13.0. The molecule has 1 aromatic heterocycles. The number of anilines is 1. The van der Waals surface area contributed by atoms with Gasteiger partial charge in [0.05, 0.1) is 0 Å². The number of H-pyrrole nitrogens is 1. The number of hydrogen-bond donors (Lipinski definition) is 2. The van der Waals surface area contributed by atoms with Crippen LogP contribution in [0.5, 0.6) is 0 Å². The second-order valence-corrected chi connectivity index (χ2v) is 5.29. The summed E-state index contributed by atoms with van der Waals surface area (Å²) in [7, 11) is 0. The van der Waals surface area contributed by atoms with Crippen LogP contribution in [0.25, 0.3) is 0 Å². The smallest absolute Gasteiger partial charge is 0.244 e. The fraction of sp³-hybridized carbons (Fsp3) is 0.846. The lowest BCUT2D eigenvalue weighted by molar-refractivity contribution is 0.535. The first kappa shape index (κ1) is 13.3. The molecule has 102 valence electrons. The van der Waals surface area contributed by atoms with Crippen LogP contribution in [0, 0.1) is 0 Å². The third-order valence-electron chi connectivity index (χ3n) is 3.66. The van der Waals surface area contributed by atoms with Crippen LogP contribution >= 0.6 is 0 Å². The van der Waals surface area contributed by atoms with Gasteiger partial charge in [-0.25, -0.2) is 0 Å². The van der Waals surface area contributed by atoms with Gasteiger partial charge in [-0.2, -0.15) is 4.98 Å². The van der Waals surface area contributed by atoms with Gasteiger partial charge in [0.25, 0.3) is 0 Å². The van der Waals surface area contributed by atoms with Crippen molar-refractivity contribution in [2.45, 2.75) is 57.9 Å². The summed E-state index contributed by atoms with van der Waals surface area (Å²) in [6, 6.07) is 0.272. The van der Waals surface area contributed by atoms with E-state index in [2.05, 4.69) is 33.9 Å². The highest BCUT2D eigenvalue weighted by atomic mass is 15.4. The fourth-order valence-corrected chi connectivity index (χ4v) is 2.67. The van der Waals surface area contributed by atoms with Crippen LogP contribution in [-0.4, -0.2) is 34.3 Å². The van der Waals surface area contributed by atoms with E-state index in [1.807, 2.05) is 0 Å². The first-order valence-corrected chi connectivity index (χ1v) is 7.17. The summed E-state index contributed by atoms with van der Waals surface area (Å²) in [6.07, 6.45) is 5.78. The quantitative estimate of drug-likeness (QED) is 0.811. The zero-order valence-electron chi connectivity index (χ0n) is 11.5. The largest absolute Gasteiger partial charge is 0.338 e. The number of nitrogens with one attached hydrogen (secondary N) is 1. The molecule has 0 bridgehead atoms. The van der Waals surface area contributed by atoms with E-state index in [4.69, 9.17) is 5.73 Å². The lowest BCUT2D eigenvalue weighted by Crippen LogP contribution is -2.27. The molecule has 1 aromatic rings. The van der Waals surface area contributed by atoms with Gasteiger partial charge >= 0.3 is 0 Å². The van der Waals surface area contributed by atoms with E-state index in [1.54, 1.807) is 0 Å². The highest BCUT2D eigenvalue weighted by Crippen LogP contribution is 2.25. The van der Waals surface area contributed by atoms with Crippen LogP contribution in [-0.2, 0) is 0 Å². The molecule has 0 aliphatic carbocycles. The molecule has 18 heavy (non-hydrogen) atoms. The van der Waals surface area contributed by atoms with Crippen molar-refractivity contribution in [3.05, 3.63) is 5.82 Å². The summed E-state index contributed by atoms with van der Waals surface area (Å²) in [4.78, 5) is 6.85. The molecule has 5 nitrogen and oxygen atoms in total. The predicted molar refractivity (Wildman–Crippen MR) is 73.7 cm³/mol. The van der Waals surface area contributed by atoms with E-state index in [9.17, 15) is 0 Å². The van der Waals surface area contributed by atoms with Crippen molar-refractivity contribution in [1.82, 2.24) is 15.2 Å². The molecule has 2 heterocycles. The van der Waals surface area contributed by atoms with Crippen molar-refractivity contribution in [3.8, 4) is 0 Å². The normalized spacial score (nSPS) is 20.0. The van der Waals surface area contributed by atoms with Gasteiger partial charge in [-0.1, -0.05) is 26.7 Å². The maximum atomic E-state index is 5.92. The Morgan fingerprint density at radius 1 is 1.39 bits per heavy atom. The van der Waals surface area contributed by atoms with Gasteiger partial charge in [-0.05, 0) is 19.3 Å². The van der Waals surface area contributed by atoms with Gasteiger partial charge < -0.3 is 10.6 Å². The molecular formula is C13H25N5. The Morgan fingerprint density at radius 3 is 2.67 bits per heavy atom. The molecule has 1 atom stereocenters. The zero-order valence-corrected chi connectivity index (χ0v) is 11.5. The third-order valence-corrected chi connectivity index (χ3v) is 3.66. The molecular weight excluding hydrogens is 226 g/mol. The van der Waals surface area contributed by atoms with E-state index < -0.39 is 0 Å². The minimum absolute atomic E-state index is 0.272. The first-order chi connectivity index (χ1) is 8.74. The number of aromatic nitrogens is 3. The van der Waals surface area contributed by atoms with Crippen LogP contribution in [0.4, 0.5) is 5.95 Å². The van der Waals surface area contributed by atoms with Gasteiger partial charge in [0.2, 0.25) is 5.95 Å². The van der Waals surface area contributed by atoms with E-state index in [0.717, 1.165) is 31.3 Å². The average molecular weight is 251 g/mol. The Hall–Kier alpha value is -1.10. The minimum atomic E-state index is 0.272. The lowest BCUT2D eigenvalue weighted by atomic mass is 9.98. The highest BCUT2D eigenvalue weighted by Gasteiger charge is 2.23. The maximum Gasteiger partial charge on any atom is 0.244 e. The Bertz CT molecular complexity index is 356. The van der Waals surface area contributed by atoms with Gasteiger partial charge in [0, 0.05) is 25.0 Å². The Balaban J connectivity index is 2.03. The Labute approximate surface area is 109 Å². The molecule has 1 fully saturated rings. The standard InChI is InChI=1S/C13H25N5/c1-3-5-10(6-4-2)12-15-13(17-16-12)18-8-7-11(14)9-18/h10-11H,3-9,14H2,1-2H3,(H,15,16,17). The van der Waals surface area contributed by atoms with Crippen LogP contribution in [0.1, 0.15) is 57.7 Å². The molecule has 1 aliphatic heterocycles. The molecule has 2 rings (SSSR count). The van der Waals surface area contributed by atoms with Crippen molar-refractivity contribution >= 4 is 5.95 Å². The molecule has 0 radical (unpaired) electrons. The van der Waals surface area contributed by atoms with E-state index >= 15 is 0 Å². The van der Waals surface area contributed by atoms with Crippen LogP contribution in [0.2, 0.25) is 0 Å². The molecule has 0 spiro atoms. The molecule has 1 saturated heterocycles. The lowest BCUT2D eigenvalue weighted by Gasteiger charge is -2.13. The number of rotatable bonds is 6. The highest BCUT2D eigenvalue weighted by molar-refractivity contribution is 5.31. The molecule has 5 heteroatoms. The summed E-state index contributed by atoms with van der Waals surface area (Å²) in [5.74, 6) is 2.40. The SMILES string of the molecule is CCCC(CCC)c1nc(N2CCC(N)C2)n[nH]1. The van der Waals surface area contributed by atoms with Crippen LogP contribution in [0.3, 0.4) is 0 Å². The third kappa shape index (κ3) is 3.02. The fourth-order valence-electron chi connectivity index (χ4n) is 2.67. The summed E-state index contributed by atoms with van der Waals surface area (Å²) in [6.45, 7) is 6.30. The topological polar surface area (TPSA) is 70.8 Å². The first-order valence-electron chi connectivity index (χ1n) is 7.17. The van der Waals surface area contributed by atoms with Gasteiger partial charge in [-0.3, -0.25) is 5.10 Å². The second-order valence-electron chi connectivity index (χ2n) is 5.29. The van der Waals surface area contributed by atoms with Crippen molar-refractivity contribution in [3.63, 3.8) is 0 Å².